The van der Waals surface area contributed by atoms with E-state index in [1.807, 2.05) is 13.8 Å². The molecule has 5 nitrogen and oxygen atoms in total. The molecule has 5 heteroatoms. The molecule has 1 heterocycles. The Kier molecular flexibility index (Phi) is 3.60. The number of allylic oxidation sites excluding steroid dienone is 1. The Morgan fingerprint density at radius 1 is 1.53 bits per heavy atom. The quantitative estimate of drug-likeness (QED) is 0.565. The van der Waals surface area contributed by atoms with Crippen LogP contribution in [0.4, 0.5) is 5.69 Å². The van der Waals surface area contributed by atoms with E-state index in [1.165, 1.54) is 0 Å². The zero-order valence-corrected chi connectivity index (χ0v) is 9.11. The third-order valence-corrected chi connectivity index (χ3v) is 2.28. The van der Waals surface area contributed by atoms with Crippen molar-refractivity contribution >= 4 is 11.8 Å². The molecule has 0 N–H and O–H groups in total. The normalized spacial score (nSPS) is 10.1. The van der Waals surface area contributed by atoms with Crippen LogP contribution in [-0.2, 0) is 0 Å². The average molecular weight is 210 g/mol. The topological polar surface area (TPSA) is 69.2 Å². The zero-order valence-electron chi connectivity index (χ0n) is 9.11. The second kappa shape index (κ2) is 4.72. The van der Waals surface area contributed by atoms with Gasteiger partial charge in [0.2, 0.25) is 5.76 Å². The highest BCUT2D eigenvalue weighted by Gasteiger charge is 2.22. The first-order chi connectivity index (χ1) is 7.10. The Hall–Kier alpha value is -1.65. The van der Waals surface area contributed by atoms with Crippen LogP contribution in [0, 0.1) is 17.0 Å². The first-order valence-electron chi connectivity index (χ1n) is 4.90. The number of rotatable bonds is 4. The van der Waals surface area contributed by atoms with Crippen LogP contribution in [0.2, 0.25) is 0 Å². The molecule has 1 aromatic rings. The lowest BCUT2D eigenvalue weighted by molar-refractivity contribution is -0.386. The van der Waals surface area contributed by atoms with Crippen molar-refractivity contribution in [3.8, 4) is 0 Å². The molecule has 82 valence electrons. The van der Waals surface area contributed by atoms with Crippen LogP contribution in [0.25, 0.3) is 6.08 Å². The van der Waals surface area contributed by atoms with Gasteiger partial charge < -0.3 is 4.52 Å². The Morgan fingerprint density at radius 2 is 2.13 bits per heavy atom. The Morgan fingerprint density at radius 3 is 2.60 bits per heavy atom. The molecule has 0 aliphatic rings. The second-order valence-corrected chi connectivity index (χ2v) is 3.25. The Bertz CT molecular complexity index is 387. The van der Waals surface area contributed by atoms with Gasteiger partial charge in [0.05, 0.1) is 4.92 Å². The number of aromatic nitrogens is 1. The van der Waals surface area contributed by atoms with Crippen molar-refractivity contribution in [2.75, 3.05) is 0 Å². The summed E-state index contributed by atoms with van der Waals surface area (Å²) < 4.78 is 4.92. The maximum absolute atomic E-state index is 10.7. The summed E-state index contributed by atoms with van der Waals surface area (Å²) in [6.07, 6.45) is 3.42. The molecular formula is C10H14N2O3. The van der Waals surface area contributed by atoms with Gasteiger partial charge in [0.25, 0.3) is 0 Å². The van der Waals surface area contributed by atoms with Crippen molar-refractivity contribution in [1.82, 2.24) is 5.16 Å². The summed E-state index contributed by atoms with van der Waals surface area (Å²) >= 11 is 0. The van der Waals surface area contributed by atoms with Gasteiger partial charge in [-0.15, -0.1) is 0 Å². The summed E-state index contributed by atoms with van der Waals surface area (Å²) in [6, 6.07) is 0. The lowest BCUT2D eigenvalue weighted by Crippen LogP contribution is -1.90. The van der Waals surface area contributed by atoms with Crippen LogP contribution < -0.4 is 0 Å². The smallest absolute Gasteiger partial charge is 0.338 e. The van der Waals surface area contributed by atoms with E-state index >= 15 is 0 Å². The van der Waals surface area contributed by atoms with E-state index < -0.39 is 4.92 Å². The van der Waals surface area contributed by atoms with Gasteiger partial charge in [0.1, 0.15) is 0 Å². The maximum Gasteiger partial charge on any atom is 0.338 e. The molecule has 0 aromatic carbocycles. The van der Waals surface area contributed by atoms with Crippen LogP contribution in [0.3, 0.4) is 0 Å². The fourth-order valence-electron chi connectivity index (χ4n) is 1.34. The van der Waals surface area contributed by atoms with Crippen LogP contribution in [0.15, 0.2) is 10.1 Å². The van der Waals surface area contributed by atoms with Crippen molar-refractivity contribution in [1.29, 1.82) is 0 Å². The Balaban J connectivity index is 3.15. The van der Waals surface area contributed by atoms with E-state index in [2.05, 4.69) is 5.16 Å². The van der Waals surface area contributed by atoms with Gasteiger partial charge in [-0.1, -0.05) is 24.6 Å². The summed E-state index contributed by atoms with van der Waals surface area (Å²) in [6.45, 7) is 5.57. The van der Waals surface area contributed by atoms with Gasteiger partial charge in [-0.2, -0.15) is 0 Å². The summed E-state index contributed by atoms with van der Waals surface area (Å²) in [5.74, 6) is 0.246. The van der Waals surface area contributed by atoms with Crippen LogP contribution in [0.1, 0.15) is 38.1 Å². The molecule has 0 atom stereocenters. The molecule has 0 aliphatic heterocycles. The summed E-state index contributed by atoms with van der Waals surface area (Å²) in [5.41, 5.74) is 1.39. The third-order valence-electron chi connectivity index (χ3n) is 2.28. The third kappa shape index (κ3) is 2.43. The second-order valence-electron chi connectivity index (χ2n) is 3.25. The first-order valence-corrected chi connectivity index (χ1v) is 4.90. The van der Waals surface area contributed by atoms with E-state index in [9.17, 15) is 10.1 Å². The molecule has 0 aliphatic carbocycles. The predicted octanol–water partition coefficient (Wildman–Crippen LogP) is 3.09. The van der Waals surface area contributed by atoms with E-state index in [0.29, 0.717) is 5.69 Å². The molecule has 0 radical (unpaired) electrons. The number of hydrogen-bond donors (Lipinski definition) is 0. The van der Waals surface area contributed by atoms with Crippen molar-refractivity contribution in [2.24, 2.45) is 0 Å². The molecule has 0 spiro atoms. The van der Waals surface area contributed by atoms with Gasteiger partial charge in [0.15, 0.2) is 5.69 Å². The van der Waals surface area contributed by atoms with E-state index in [0.717, 1.165) is 18.4 Å². The van der Waals surface area contributed by atoms with E-state index in [1.54, 1.807) is 13.0 Å². The maximum atomic E-state index is 10.7. The molecule has 0 amide bonds. The summed E-state index contributed by atoms with van der Waals surface area (Å²) in [5, 5.41) is 14.3. The lowest BCUT2D eigenvalue weighted by Gasteiger charge is -1.96. The van der Waals surface area contributed by atoms with Gasteiger partial charge >= 0.3 is 5.69 Å². The van der Waals surface area contributed by atoms with Gasteiger partial charge in [-0.3, -0.25) is 10.1 Å². The molecule has 1 rings (SSSR count). The van der Waals surface area contributed by atoms with Crippen LogP contribution in [-0.4, -0.2) is 10.1 Å². The summed E-state index contributed by atoms with van der Waals surface area (Å²) in [4.78, 5) is 10.3. The van der Waals surface area contributed by atoms with Crippen molar-refractivity contribution in [2.45, 2.75) is 33.6 Å². The number of nitrogens with zero attached hydrogens (tertiary/aromatic N) is 2. The average Bonchev–Trinajstić information content (AvgIpc) is 2.56. The minimum atomic E-state index is -0.458. The minimum Gasteiger partial charge on any atom is -0.349 e. The molecule has 0 unspecified atom stereocenters. The molecule has 15 heavy (non-hydrogen) atoms. The highest BCUT2D eigenvalue weighted by atomic mass is 16.6. The van der Waals surface area contributed by atoms with Crippen molar-refractivity contribution in [3.05, 3.63) is 27.1 Å². The van der Waals surface area contributed by atoms with E-state index in [4.69, 9.17) is 4.52 Å². The SMILES string of the molecule is CCC(=Cc1onc(C)c1[N+](=O)[O-])CC. The van der Waals surface area contributed by atoms with Gasteiger partial charge in [0, 0.05) is 0 Å². The highest BCUT2D eigenvalue weighted by Crippen LogP contribution is 2.25. The molecular weight excluding hydrogens is 196 g/mol. The van der Waals surface area contributed by atoms with Gasteiger partial charge in [-0.05, 0) is 25.8 Å². The number of hydrogen-bond acceptors (Lipinski definition) is 4. The monoisotopic (exact) mass is 210 g/mol. The molecule has 0 saturated carbocycles. The van der Waals surface area contributed by atoms with Crippen LogP contribution in [0.5, 0.6) is 0 Å². The minimum absolute atomic E-state index is 0.0330. The van der Waals surface area contributed by atoms with E-state index in [-0.39, 0.29) is 11.4 Å². The van der Waals surface area contributed by atoms with Gasteiger partial charge in [-0.25, -0.2) is 0 Å². The molecule has 1 aromatic heterocycles. The highest BCUT2D eigenvalue weighted by molar-refractivity contribution is 5.59. The summed E-state index contributed by atoms with van der Waals surface area (Å²) in [7, 11) is 0. The number of nitro groups is 1. The number of aryl methyl sites for hydroxylation is 1. The standard InChI is InChI=1S/C10H14N2O3/c1-4-8(5-2)6-9-10(12(13)14)7(3)11-15-9/h6H,4-5H2,1-3H3. The Labute approximate surface area is 87.9 Å². The largest absolute Gasteiger partial charge is 0.349 e. The molecule has 0 saturated heterocycles. The van der Waals surface area contributed by atoms with Crippen molar-refractivity contribution < 1.29 is 9.45 Å². The predicted molar refractivity (Wildman–Crippen MR) is 56.5 cm³/mol. The van der Waals surface area contributed by atoms with Crippen molar-refractivity contribution in [3.63, 3.8) is 0 Å². The fourth-order valence-corrected chi connectivity index (χ4v) is 1.34. The van der Waals surface area contributed by atoms with Crippen LogP contribution >= 0.6 is 0 Å². The fraction of sp³-hybridized carbons (Fsp3) is 0.500. The zero-order chi connectivity index (χ0) is 11.4. The first kappa shape index (κ1) is 11.4. The molecule has 0 fully saturated rings. The lowest BCUT2D eigenvalue weighted by atomic mass is 10.1. The molecule has 0 bridgehead atoms.